The average Bonchev–Trinajstić information content (AvgIpc) is 2.96. The van der Waals surface area contributed by atoms with Crippen LogP contribution in [-0.4, -0.2) is 17.4 Å². The van der Waals surface area contributed by atoms with Crippen LogP contribution >= 0.6 is 0 Å². The standard InChI is InChI=1S/C14H15N3O2/c1-2-7-15-11-5-6-13(16-9-11)14(18)17-10-12-4-3-8-19-12/h2-6,8-9,15H,1,7,10H2,(H,17,18). The van der Waals surface area contributed by atoms with Crippen molar-refractivity contribution in [3.8, 4) is 0 Å². The summed E-state index contributed by atoms with van der Waals surface area (Å²) in [6.45, 7) is 4.62. The second kappa shape index (κ2) is 6.39. The molecule has 2 N–H and O–H groups in total. The van der Waals surface area contributed by atoms with Gasteiger partial charge in [-0.25, -0.2) is 4.98 Å². The Bertz CT molecular complexity index is 532. The zero-order valence-electron chi connectivity index (χ0n) is 10.4. The van der Waals surface area contributed by atoms with E-state index in [0.29, 0.717) is 24.5 Å². The first-order valence-electron chi connectivity index (χ1n) is 5.91. The molecule has 0 unspecified atom stereocenters. The highest BCUT2D eigenvalue weighted by molar-refractivity contribution is 5.92. The summed E-state index contributed by atoms with van der Waals surface area (Å²) in [5, 5.41) is 5.82. The van der Waals surface area contributed by atoms with E-state index in [1.165, 1.54) is 0 Å². The Morgan fingerprint density at radius 1 is 1.42 bits per heavy atom. The van der Waals surface area contributed by atoms with Gasteiger partial charge in [0.1, 0.15) is 11.5 Å². The van der Waals surface area contributed by atoms with Crippen molar-refractivity contribution >= 4 is 11.6 Å². The van der Waals surface area contributed by atoms with Gasteiger partial charge < -0.3 is 15.1 Å². The minimum Gasteiger partial charge on any atom is -0.467 e. The van der Waals surface area contributed by atoms with Crippen molar-refractivity contribution in [3.05, 3.63) is 60.8 Å². The van der Waals surface area contributed by atoms with Gasteiger partial charge in [0.25, 0.3) is 5.91 Å². The van der Waals surface area contributed by atoms with Crippen LogP contribution in [0.25, 0.3) is 0 Å². The number of hydrogen-bond donors (Lipinski definition) is 2. The lowest BCUT2D eigenvalue weighted by Gasteiger charge is -2.05. The van der Waals surface area contributed by atoms with E-state index in [-0.39, 0.29) is 5.91 Å². The number of nitrogens with one attached hydrogen (secondary N) is 2. The summed E-state index contributed by atoms with van der Waals surface area (Å²) < 4.78 is 5.13. The minimum absolute atomic E-state index is 0.230. The molecule has 0 radical (unpaired) electrons. The molecule has 2 aromatic rings. The van der Waals surface area contributed by atoms with Gasteiger partial charge in [0.05, 0.1) is 24.7 Å². The number of carbonyl (C=O) groups is 1. The van der Waals surface area contributed by atoms with E-state index in [2.05, 4.69) is 22.2 Å². The van der Waals surface area contributed by atoms with Gasteiger partial charge in [0, 0.05) is 6.54 Å². The minimum atomic E-state index is -0.230. The first kappa shape index (κ1) is 12.9. The van der Waals surface area contributed by atoms with Gasteiger partial charge in [-0.15, -0.1) is 6.58 Å². The highest BCUT2D eigenvalue weighted by Gasteiger charge is 2.07. The molecule has 2 rings (SSSR count). The maximum atomic E-state index is 11.8. The van der Waals surface area contributed by atoms with Gasteiger partial charge in [0.2, 0.25) is 0 Å². The molecule has 0 aliphatic carbocycles. The van der Waals surface area contributed by atoms with Gasteiger partial charge in [-0.05, 0) is 24.3 Å². The molecule has 0 fully saturated rings. The molecular weight excluding hydrogens is 242 g/mol. The lowest BCUT2D eigenvalue weighted by atomic mass is 10.3. The largest absolute Gasteiger partial charge is 0.467 e. The van der Waals surface area contributed by atoms with Gasteiger partial charge in [-0.1, -0.05) is 6.08 Å². The van der Waals surface area contributed by atoms with E-state index in [4.69, 9.17) is 4.42 Å². The Kier molecular flexibility index (Phi) is 4.34. The van der Waals surface area contributed by atoms with E-state index < -0.39 is 0 Å². The molecule has 0 saturated heterocycles. The monoisotopic (exact) mass is 257 g/mol. The smallest absolute Gasteiger partial charge is 0.270 e. The number of carbonyl (C=O) groups excluding carboxylic acids is 1. The number of amides is 1. The van der Waals surface area contributed by atoms with Gasteiger partial charge in [-0.3, -0.25) is 4.79 Å². The molecule has 1 amide bonds. The summed E-state index contributed by atoms with van der Waals surface area (Å²) in [6.07, 6.45) is 4.94. The first-order valence-corrected chi connectivity index (χ1v) is 5.91. The molecule has 0 aliphatic heterocycles. The fourth-order valence-electron chi connectivity index (χ4n) is 1.49. The number of anilines is 1. The van der Waals surface area contributed by atoms with Crippen LogP contribution in [0.1, 0.15) is 16.2 Å². The fraction of sp³-hybridized carbons (Fsp3) is 0.143. The summed E-state index contributed by atoms with van der Waals surface area (Å²) in [4.78, 5) is 15.9. The van der Waals surface area contributed by atoms with Crippen LogP contribution in [0.5, 0.6) is 0 Å². The predicted molar refractivity (Wildman–Crippen MR) is 72.8 cm³/mol. The van der Waals surface area contributed by atoms with Crippen molar-refractivity contribution < 1.29 is 9.21 Å². The second-order valence-electron chi connectivity index (χ2n) is 3.86. The maximum Gasteiger partial charge on any atom is 0.270 e. The molecule has 19 heavy (non-hydrogen) atoms. The lowest BCUT2D eigenvalue weighted by molar-refractivity contribution is 0.0943. The zero-order valence-corrected chi connectivity index (χ0v) is 10.4. The Hall–Kier alpha value is -2.56. The molecule has 0 spiro atoms. The first-order chi connectivity index (χ1) is 9.29. The molecule has 5 heteroatoms. The Morgan fingerprint density at radius 2 is 2.32 bits per heavy atom. The summed E-state index contributed by atoms with van der Waals surface area (Å²) in [5.41, 5.74) is 1.22. The number of aromatic nitrogens is 1. The SMILES string of the molecule is C=CCNc1ccc(C(=O)NCc2ccco2)nc1. The van der Waals surface area contributed by atoms with Crippen LogP contribution in [0, 0.1) is 0 Å². The van der Waals surface area contributed by atoms with Gasteiger partial charge in [0.15, 0.2) is 0 Å². The molecule has 2 aromatic heterocycles. The van der Waals surface area contributed by atoms with Crippen LogP contribution in [0.15, 0.2) is 53.8 Å². The van der Waals surface area contributed by atoms with Crippen molar-refractivity contribution in [2.45, 2.75) is 6.54 Å². The van der Waals surface area contributed by atoms with Crippen molar-refractivity contribution in [1.82, 2.24) is 10.3 Å². The molecule has 0 aromatic carbocycles. The van der Waals surface area contributed by atoms with Crippen LogP contribution < -0.4 is 10.6 Å². The number of rotatable bonds is 6. The second-order valence-corrected chi connectivity index (χ2v) is 3.86. The Morgan fingerprint density at radius 3 is 2.95 bits per heavy atom. The summed E-state index contributed by atoms with van der Waals surface area (Å²) in [6, 6.07) is 7.05. The normalized spacial score (nSPS) is 9.89. The third-order valence-corrected chi connectivity index (χ3v) is 2.45. The van der Waals surface area contributed by atoms with Crippen LogP contribution in [0.4, 0.5) is 5.69 Å². The molecule has 5 nitrogen and oxygen atoms in total. The Balaban J connectivity index is 1.90. The van der Waals surface area contributed by atoms with Crippen molar-refractivity contribution in [3.63, 3.8) is 0 Å². The van der Waals surface area contributed by atoms with Crippen LogP contribution in [0.3, 0.4) is 0 Å². The van der Waals surface area contributed by atoms with E-state index in [1.807, 2.05) is 0 Å². The number of hydrogen-bond acceptors (Lipinski definition) is 4. The van der Waals surface area contributed by atoms with Gasteiger partial charge in [-0.2, -0.15) is 0 Å². The van der Waals surface area contributed by atoms with Crippen LogP contribution in [0.2, 0.25) is 0 Å². The zero-order chi connectivity index (χ0) is 13.5. The molecule has 0 atom stereocenters. The molecular formula is C14H15N3O2. The summed E-state index contributed by atoms with van der Waals surface area (Å²) in [7, 11) is 0. The fourth-order valence-corrected chi connectivity index (χ4v) is 1.49. The average molecular weight is 257 g/mol. The highest BCUT2D eigenvalue weighted by atomic mass is 16.3. The van der Waals surface area contributed by atoms with E-state index in [1.54, 1.807) is 42.8 Å². The van der Waals surface area contributed by atoms with Crippen molar-refractivity contribution in [2.24, 2.45) is 0 Å². The van der Waals surface area contributed by atoms with E-state index in [0.717, 1.165) is 5.69 Å². The lowest BCUT2D eigenvalue weighted by Crippen LogP contribution is -2.23. The maximum absolute atomic E-state index is 11.8. The summed E-state index contributed by atoms with van der Waals surface area (Å²) >= 11 is 0. The quantitative estimate of drug-likeness (QED) is 0.778. The molecule has 98 valence electrons. The topological polar surface area (TPSA) is 67.2 Å². The highest BCUT2D eigenvalue weighted by Crippen LogP contribution is 2.06. The Labute approximate surface area is 111 Å². The molecule has 2 heterocycles. The van der Waals surface area contributed by atoms with E-state index >= 15 is 0 Å². The predicted octanol–water partition coefficient (Wildman–Crippen LogP) is 2.20. The number of furan rings is 1. The van der Waals surface area contributed by atoms with Crippen molar-refractivity contribution in [1.29, 1.82) is 0 Å². The van der Waals surface area contributed by atoms with Crippen molar-refractivity contribution in [2.75, 3.05) is 11.9 Å². The molecule has 0 bridgehead atoms. The number of nitrogens with zero attached hydrogens (tertiary/aromatic N) is 1. The molecule has 0 aliphatic rings. The summed E-state index contributed by atoms with van der Waals surface area (Å²) in [5.74, 6) is 0.476. The van der Waals surface area contributed by atoms with E-state index in [9.17, 15) is 4.79 Å². The number of pyridine rings is 1. The van der Waals surface area contributed by atoms with Crippen LogP contribution in [-0.2, 0) is 6.54 Å². The third-order valence-electron chi connectivity index (χ3n) is 2.45. The third kappa shape index (κ3) is 3.70. The molecule has 0 saturated carbocycles. The van der Waals surface area contributed by atoms with Gasteiger partial charge >= 0.3 is 0 Å².